The molecular weight excluding hydrogens is 230 g/mol. The van der Waals surface area contributed by atoms with Crippen LogP contribution >= 0.6 is 11.6 Å². The number of halogens is 3. The van der Waals surface area contributed by atoms with Gasteiger partial charge in [0.2, 0.25) is 0 Å². The summed E-state index contributed by atoms with van der Waals surface area (Å²) in [6.45, 7) is -2.03. The Morgan fingerprint density at radius 2 is 2.20 bits per heavy atom. The van der Waals surface area contributed by atoms with E-state index in [0.717, 1.165) is 6.33 Å². The Labute approximate surface area is 89.3 Å². The maximum atomic E-state index is 12.6. The van der Waals surface area contributed by atoms with Crippen LogP contribution in [0.2, 0.25) is 5.15 Å². The number of aliphatic hydroxyl groups is 1. The average Bonchev–Trinajstić information content (AvgIpc) is 2.20. The number of aliphatic hydroxyl groups excluding tert-OH is 1. The molecule has 8 heteroatoms. The lowest BCUT2D eigenvalue weighted by Crippen LogP contribution is -2.31. The molecule has 1 aromatic rings. The highest BCUT2D eigenvalue weighted by atomic mass is 35.5. The number of anilines is 2. The molecule has 0 fully saturated rings. The number of rotatable bonds is 4. The molecule has 84 valence electrons. The molecule has 0 bridgehead atoms. The molecule has 0 aliphatic rings. The number of nitrogens with one attached hydrogen (secondary N) is 1. The Kier molecular flexibility index (Phi) is 3.59. The zero-order valence-corrected chi connectivity index (χ0v) is 8.30. The molecule has 1 heterocycles. The molecule has 5 nitrogen and oxygen atoms in total. The Morgan fingerprint density at radius 3 is 2.80 bits per heavy atom. The Bertz CT molecular complexity index is 350. The van der Waals surface area contributed by atoms with Crippen LogP contribution in [0.25, 0.3) is 0 Å². The second-order valence-electron chi connectivity index (χ2n) is 2.79. The minimum absolute atomic E-state index is 0.00657. The van der Waals surface area contributed by atoms with Crippen LogP contribution in [-0.4, -0.2) is 34.1 Å². The van der Waals surface area contributed by atoms with E-state index >= 15 is 0 Å². The lowest BCUT2D eigenvalue weighted by molar-refractivity contribution is -0.0373. The van der Waals surface area contributed by atoms with E-state index in [1.807, 2.05) is 0 Å². The van der Waals surface area contributed by atoms with Gasteiger partial charge in [0.15, 0.2) is 11.0 Å². The van der Waals surface area contributed by atoms with Crippen molar-refractivity contribution < 1.29 is 13.9 Å². The summed E-state index contributed by atoms with van der Waals surface area (Å²) in [4.78, 5) is 7.19. The first-order valence-electron chi connectivity index (χ1n) is 3.95. The van der Waals surface area contributed by atoms with E-state index in [1.165, 1.54) is 0 Å². The first-order valence-corrected chi connectivity index (χ1v) is 4.32. The van der Waals surface area contributed by atoms with Gasteiger partial charge in [-0.2, -0.15) is 0 Å². The van der Waals surface area contributed by atoms with Gasteiger partial charge in [0, 0.05) is 0 Å². The Balaban J connectivity index is 2.70. The van der Waals surface area contributed by atoms with E-state index in [4.69, 9.17) is 22.4 Å². The number of nitrogens with zero attached hydrogens (tertiary/aromatic N) is 2. The highest BCUT2D eigenvalue weighted by Crippen LogP contribution is 2.23. The molecular formula is C7H9ClF2N4O. The molecule has 1 aromatic heterocycles. The fourth-order valence-corrected chi connectivity index (χ4v) is 0.917. The largest absolute Gasteiger partial charge is 0.393 e. The second kappa shape index (κ2) is 4.54. The number of nitrogens with two attached hydrogens (primary N) is 1. The predicted octanol–water partition coefficient (Wildman–Crippen LogP) is 0.752. The van der Waals surface area contributed by atoms with Crippen molar-refractivity contribution >= 4 is 23.1 Å². The van der Waals surface area contributed by atoms with Crippen molar-refractivity contribution in [3.05, 3.63) is 11.5 Å². The predicted molar refractivity (Wildman–Crippen MR) is 52.0 cm³/mol. The van der Waals surface area contributed by atoms with Crippen LogP contribution in [0.4, 0.5) is 20.3 Å². The van der Waals surface area contributed by atoms with Crippen molar-refractivity contribution in [2.24, 2.45) is 0 Å². The summed E-state index contributed by atoms with van der Waals surface area (Å²) in [5.74, 6) is -3.22. The quantitative estimate of drug-likeness (QED) is 0.674. The van der Waals surface area contributed by atoms with Crippen molar-refractivity contribution in [2.45, 2.75) is 5.92 Å². The number of aromatic nitrogens is 2. The maximum absolute atomic E-state index is 12.6. The van der Waals surface area contributed by atoms with Crippen LogP contribution in [0.5, 0.6) is 0 Å². The molecule has 0 aliphatic heterocycles. The summed E-state index contributed by atoms with van der Waals surface area (Å²) in [6.07, 6.45) is 1.10. The third-order valence-corrected chi connectivity index (χ3v) is 1.88. The molecule has 15 heavy (non-hydrogen) atoms. The number of nitrogen functional groups attached to an aromatic ring is 1. The molecule has 0 saturated carbocycles. The number of hydrogen-bond donors (Lipinski definition) is 3. The first-order chi connectivity index (χ1) is 6.96. The Morgan fingerprint density at radius 1 is 1.53 bits per heavy atom. The Hall–Kier alpha value is -1.21. The van der Waals surface area contributed by atoms with Gasteiger partial charge in [0.1, 0.15) is 18.6 Å². The van der Waals surface area contributed by atoms with Crippen molar-refractivity contribution in [3.63, 3.8) is 0 Å². The van der Waals surface area contributed by atoms with Crippen LogP contribution in [0.1, 0.15) is 0 Å². The highest BCUT2D eigenvalue weighted by molar-refractivity contribution is 6.32. The normalized spacial score (nSPS) is 11.5. The minimum Gasteiger partial charge on any atom is -0.393 e. The van der Waals surface area contributed by atoms with Gasteiger partial charge in [-0.15, -0.1) is 0 Å². The minimum atomic E-state index is -3.23. The van der Waals surface area contributed by atoms with Crippen LogP contribution in [0, 0.1) is 0 Å². The lowest BCUT2D eigenvalue weighted by atomic mass is 10.3. The van der Waals surface area contributed by atoms with Gasteiger partial charge in [0.25, 0.3) is 5.92 Å². The summed E-state index contributed by atoms with van der Waals surface area (Å²) in [5, 5.41) is 10.6. The van der Waals surface area contributed by atoms with E-state index in [1.54, 1.807) is 0 Å². The van der Waals surface area contributed by atoms with Crippen LogP contribution in [0.3, 0.4) is 0 Å². The van der Waals surface area contributed by atoms with E-state index in [2.05, 4.69) is 15.3 Å². The molecule has 0 atom stereocenters. The average molecular weight is 239 g/mol. The number of alkyl halides is 2. The summed E-state index contributed by atoms with van der Waals surface area (Å²) < 4.78 is 25.3. The molecule has 0 aliphatic carbocycles. The monoisotopic (exact) mass is 238 g/mol. The van der Waals surface area contributed by atoms with Crippen molar-refractivity contribution in [2.75, 3.05) is 24.2 Å². The van der Waals surface area contributed by atoms with E-state index in [-0.39, 0.29) is 16.7 Å². The van der Waals surface area contributed by atoms with Crippen molar-refractivity contribution in [1.29, 1.82) is 0 Å². The fraction of sp³-hybridized carbons (Fsp3) is 0.429. The van der Waals surface area contributed by atoms with Crippen molar-refractivity contribution in [3.8, 4) is 0 Å². The van der Waals surface area contributed by atoms with Crippen LogP contribution in [0.15, 0.2) is 6.33 Å². The van der Waals surface area contributed by atoms with E-state index < -0.39 is 19.1 Å². The van der Waals surface area contributed by atoms with Gasteiger partial charge >= 0.3 is 0 Å². The first kappa shape index (κ1) is 11.9. The highest BCUT2D eigenvalue weighted by Gasteiger charge is 2.27. The molecule has 0 aromatic carbocycles. The van der Waals surface area contributed by atoms with Gasteiger partial charge in [-0.05, 0) is 0 Å². The zero-order chi connectivity index (χ0) is 11.5. The molecule has 0 radical (unpaired) electrons. The fourth-order valence-electron chi connectivity index (χ4n) is 0.784. The maximum Gasteiger partial charge on any atom is 0.287 e. The third-order valence-electron chi connectivity index (χ3n) is 1.58. The van der Waals surface area contributed by atoms with Gasteiger partial charge in [0.05, 0.1) is 6.54 Å². The van der Waals surface area contributed by atoms with Crippen molar-refractivity contribution in [1.82, 2.24) is 9.97 Å². The summed E-state index contributed by atoms with van der Waals surface area (Å²) in [5.41, 5.74) is 5.42. The topological polar surface area (TPSA) is 84.1 Å². The summed E-state index contributed by atoms with van der Waals surface area (Å²) in [7, 11) is 0. The van der Waals surface area contributed by atoms with Gasteiger partial charge in [-0.25, -0.2) is 18.7 Å². The van der Waals surface area contributed by atoms with Crippen LogP contribution in [-0.2, 0) is 0 Å². The SMILES string of the molecule is Nc1c(Cl)ncnc1NCC(F)(F)CO. The molecule has 1 rings (SSSR count). The van der Waals surface area contributed by atoms with Gasteiger partial charge in [-0.3, -0.25) is 0 Å². The standard InChI is InChI=1S/C7H9ClF2N4O/c8-5-4(11)6(14-3-13-5)12-1-7(9,10)2-15/h3,15H,1-2,11H2,(H,12,13,14). The number of hydrogen-bond acceptors (Lipinski definition) is 5. The zero-order valence-electron chi connectivity index (χ0n) is 7.54. The molecule has 0 unspecified atom stereocenters. The molecule has 0 amide bonds. The van der Waals surface area contributed by atoms with E-state index in [9.17, 15) is 8.78 Å². The third kappa shape index (κ3) is 3.14. The molecule has 0 saturated heterocycles. The molecule has 0 spiro atoms. The summed E-state index contributed by atoms with van der Waals surface area (Å²) >= 11 is 5.54. The van der Waals surface area contributed by atoms with Gasteiger partial charge in [-0.1, -0.05) is 11.6 Å². The van der Waals surface area contributed by atoms with Crippen LogP contribution < -0.4 is 11.1 Å². The molecule has 4 N–H and O–H groups in total. The van der Waals surface area contributed by atoms with E-state index in [0.29, 0.717) is 0 Å². The second-order valence-corrected chi connectivity index (χ2v) is 3.15. The lowest BCUT2D eigenvalue weighted by Gasteiger charge is -2.15. The van der Waals surface area contributed by atoms with Gasteiger partial charge < -0.3 is 16.2 Å². The smallest absolute Gasteiger partial charge is 0.287 e. The summed E-state index contributed by atoms with van der Waals surface area (Å²) in [6, 6.07) is 0.